The van der Waals surface area contributed by atoms with Crippen LogP contribution in [0.2, 0.25) is 0 Å². The normalized spacial score (nSPS) is 16.1. The first-order chi connectivity index (χ1) is 6.86. The van der Waals surface area contributed by atoms with E-state index in [9.17, 15) is 0 Å². The molecule has 2 heteroatoms. The van der Waals surface area contributed by atoms with Crippen LogP contribution >= 0.6 is 0 Å². The predicted molar refractivity (Wildman–Crippen MR) is 55.1 cm³/mol. The summed E-state index contributed by atoms with van der Waals surface area (Å²) < 4.78 is 7.82. The Morgan fingerprint density at radius 1 is 1.29 bits per heavy atom. The minimum atomic E-state index is 0.713. The molecule has 2 heterocycles. The van der Waals surface area contributed by atoms with Gasteiger partial charge in [-0.05, 0) is 44.0 Å². The van der Waals surface area contributed by atoms with Crippen molar-refractivity contribution in [3.8, 4) is 11.5 Å². The van der Waals surface area contributed by atoms with Gasteiger partial charge in [-0.15, -0.1) is 0 Å². The van der Waals surface area contributed by atoms with Gasteiger partial charge >= 0.3 is 0 Å². The van der Waals surface area contributed by atoms with E-state index in [1.54, 1.807) is 6.26 Å². The van der Waals surface area contributed by atoms with Crippen molar-refractivity contribution in [2.24, 2.45) is 0 Å². The molecule has 0 unspecified atom stereocenters. The number of furan rings is 1. The van der Waals surface area contributed by atoms with Gasteiger partial charge in [-0.1, -0.05) is 0 Å². The Morgan fingerprint density at radius 3 is 2.79 bits per heavy atom. The summed E-state index contributed by atoms with van der Waals surface area (Å²) >= 11 is 0. The summed E-state index contributed by atoms with van der Waals surface area (Å²) in [5, 5.41) is 0. The number of hydrogen-bond donors (Lipinski definition) is 0. The van der Waals surface area contributed by atoms with Crippen molar-refractivity contribution >= 4 is 0 Å². The number of rotatable bonds is 2. The molecular formula is C12H13NO. The Labute approximate surface area is 83.2 Å². The van der Waals surface area contributed by atoms with Gasteiger partial charge in [0.1, 0.15) is 5.76 Å². The number of aryl methyl sites for hydroxylation is 1. The fourth-order valence-corrected chi connectivity index (χ4v) is 1.99. The number of hydrogen-bond acceptors (Lipinski definition) is 1. The van der Waals surface area contributed by atoms with Crippen molar-refractivity contribution in [1.29, 1.82) is 0 Å². The molecule has 0 amide bonds. The fourth-order valence-electron chi connectivity index (χ4n) is 1.99. The third kappa shape index (κ3) is 1.10. The zero-order valence-corrected chi connectivity index (χ0v) is 8.23. The van der Waals surface area contributed by atoms with Gasteiger partial charge in [-0.25, -0.2) is 0 Å². The SMILES string of the molecule is Cc1ccc(-c2ccco2)n1C1CC1. The van der Waals surface area contributed by atoms with Crippen LogP contribution in [0.1, 0.15) is 24.6 Å². The third-order valence-corrected chi connectivity index (χ3v) is 2.81. The third-order valence-electron chi connectivity index (χ3n) is 2.81. The fraction of sp³-hybridized carbons (Fsp3) is 0.333. The van der Waals surface area contributed by atoms with E-state index in [0.29, 0.717) is 6.04 Å². The lowest BCUT2D eigenvalue weighted by Crippen LogP contribution is -1.97. The summed E-state index contributed by atoms with van der Waals surface area (Å²) in [5.41, 5.74) is 2.55. The van der Waals surface area contributed by atoms with Gasteiger partial charge in [0.2, 0.25) is 0 Å². The molecule has 2 aromatic heterocycles. The maximum absolute atomic E-state index is 5.43. The molecule has 0 radical (unpaired) electrons. The van der Waals surface area contributed by atoms with Crippen LogP contribution in [0.15, 0.2) is 34.9 Å². The lowest BCUT2D eigenvalue weighted by atomic mass is 10.3. The quantitative estimate of drug-likeness (QED) is 0.704. The average molecular weight is 187 g/mol. The molecule has 1 aliphatic rings. The van der Waals surface area contributed by atoms with Crippen LogP contribution in [-0.4, -0.2) is 4.57 Å². The first kappa shape index (κ1) is 7.92. The van der Waals surface area contributed by atoms with Crippen LogP contribution in [0.25, 0.3) is 11.5 Å². The molecule has 2 aromatic rings. The summed E-state index contributed by atoms with van der Waals surface area (Å²) in [6.45, 7) is 2.16. The van der Waals surface area contributed by atoms with Gasteiger partial charge < -0.3 is 8.98 Å². The van der Waals surface area contributed by atoms with E-state index in [-0.39, 0.29) is 0 Å². The Bertz CT molecular complexity index is 435. The Kier molecular flexibility index (Phi) is 1.57. The van der Waals surface area contributed by atoms with E-state index in [0.717, 1.165) is 5.76 Å². The zero-order valence-electron chi connectivity index (χ0n) is 8.23. The highest BCUT2D eigenvalue weighted by atomic mass is 16.3. The molecule has 0 saturated heterocycles. The van der Waals surface area contributed by atoms with Crippen molar-refractivity contribution < 1.29 is 4.42 Å². The van der Waals surface area contributed by atoms with E-state index < -0.39 is 0 Å². The molecule has 2 nitrogen and oxygen atoms in total. The van der Waals surface area contributed by atoms with Crippen molar-refractivity contribution in [1.82, 2.24) is 4.57 Å². The highest BCUT2D eigenvalue weighted by Gasteiger charge is 2.27. The first-order valence-corrected chi connectivity index (χ1v) is 5.08. The van der Waals surface area contributed by atoms with Crippen molar-refractivity contribution in [3.63, 3.8) is 0 Å². The van der Waals surface area contributed by atoms with E-state index in [1.807, 2.05) is 12.1 Å². The highest BCUT2D eigenvalue weighted by Crippen LogP contribution is 2.40. The summed E-state index contributed by atoms with van der Waals surface area (Å²) in [5.74, 6) is 0.977. The second-order valence-electron chi connectivity index (χ2n) is 3.94. The molecule has 0 spiro atoms. The lowest BCUT2D eigenvalue weighted by molar-refractivity contribution is 0.571. The van der Waals surface area contributed by atoms with Crippen LogP contribution in [0.4, 0.5) is 0 Å². The molecular weight excluding hydrogens is 174 g/mol. The van der Waals surface area contributed by atoms with E-state index in [2.05, 4.69) is 23.6 Å². The predicted octanol–water partition coefficient (Wildman–Crippen LogP) is 3.39. The molecule has 14 heavy (non-hydrogen) atoms. The standard InChI is InChI=1S/C12H13NO/c1-9-4-7-11(12-3-2-8-14-12)13(9)10-5-6-10/h2-4,7-8,10H,5-6H2,1H3. The van der Waals surface area contributed by atoms with Gasteiger partial charge in [0.05, 0.1) is 12.0 Å². The Morgan fingerprint density at radius 2 is 2.14 bits per heavy atom. The lowest BCUT2D eigenvalue weighted by Gasteiger charge is -2.07. The molecule has 0 bridgehead atoms. The molecule has 1 aliphatic carbocycles. The monoisotopic (exact) mass is 187 g/mol. The summed E-state index contributed by atoms with van der Waals surface area (Å²) in [7, 11) is 0. The molecule has 0 aliphatic heterocycles. The molecule has 0 aromatic carbocycles. The summed E-state index contributed by atoms with van der Waals surface area (Å²) in [6.07, 6.45) is 4.35. The van der Waals surface area contributed by atoms with Crippen molar-refractivity contribution in [3.05, 3.63) is 36.2 Å². The molecule has 3 rings (SSSR count). The van der Waals surface area contributed by atoms with Gasteiger partial charge in [-0.3, -0.25) is 0 Å². The van der Waals surface area contributed by atoms with E-state index in [1.165, 1.54) is 24.2 Å². The van der Waals surface area contributed by atoms with Gasteiger partial charge in [0.15, 0.2) is 0 Å². The second kappa shape index (κ2) is 2.77. The summed E-state index contributed by atoms with van der Waals surface area (Å²) in [6, 6.07) is 8.98. The Balaban J connectivity index is 2.13. The molecule has 0 atom stereocenters. The van der Waals surface area contributed by atoms with Gasteiger partial charge in [0, 0.05) is 11.7 Å². The maximum Gasteiger partial charge on any atom is 0.150 e. The van der Waals surface area contributed by atoms with Crippen molar-refractivity contribution in [2.75, 3.05) is 0 Å². The average Bonchev–Trinajstić information content (AvgIpc) is 2.75. The van der Waals surface area contributed by atoms with Crippen LogP contribution < -0.4 is 0 Å². The van der Waals surface area contributed by atoms with Crippen LogP contribution in [0.5, 0.6) is 0 Å². The smallest absolute Gasteiger partial charge is 0.150 e. The minimum Gasteiger partial charge on any atom is -0.463 e. The largest absolute Gasteiger partial charge is 0.463 e. The molecule has 1 saturated carbocycles. The highest BCUT2D eigenvalue weighted by molar-refractivity contribution is 5.54. The van der Waals surface area contributed by atoms with Crippen LogP contribution in [-0.2, 0) is 0 Å². The first-order valence-electron chi connectivity index (χ1n) is 5.08. The number of nitrogens with zero attached hydrogens (tertiary/aromatic N) is 1. The number of aromatic nitrogens is 1. The topological polar surface area (TPSA) is 18.1 Å². The Hall–Kier alpha value is -1.44. The van der Waals surface area contributed by atoms with E-state index in [4.69, 9.17) is 4.42 Å². The maximum atomic E-state index is 5.43. The molecule has 72 valence electrons. The second-order valence-corrected chi connectivity index (χ2v) is 3.94. The van der Waals surface area contributed by atoms with Gasteiger partial charge in [0.25, 0.3) is 0 Å². The van der Waals surface area contributed by atoms with Crippen LogP contribution in [0.3, 0.4) is 0 Å². The van der Waals surface area contributed by atoms with E-state index >= 15 is 0 Å². The zero-order chi connectivity index (χ0) is 9.54. The van der Waals surface area contributed by atoms with Crippen molar-refractivity contribution in [2.45, 2.75) is 25.8 Å². The van der Waals surface area contributed by atoms with Gasteiger partial charge in [-0.2, -0.15) is 0 Å². The van der Waals surface area contributed by atoms with Crippen LogP contribution in [0, 0.1) is 6.92 Å². The molecule has 1 fully saturated rings. The minimum absolute atomic E-state index is 0.713. The molecule has 0 N–H and O–H groups in total. The summed E-state index contributed by atoms with van der Waals surface area (Å²) in [4.78, 5) is 0.